The molecular weight excluding hydrogens is 481 g/mol. The van der Waals surface area contributed by atoms with Crippen LogP contribution in [-0.4, -0.2) is 53.6 Å². The van der Waals surface area contributed by atoms with Crippen LogP contribution >= 0.6 is 22.2 Å². The summed E-state index contributed by atoms with van der Waals surface area (Å²) in [4.78, 5) is 12.9. The van der Waals surface area contributed by atoms with E-state index in [-0.39, 0.29) is 17.3 Å². The molecule has 1 fully saturated rings. The van der Waals surface area contributed by atoms with Crippen LogP contribution in [0.15, 0.2) is 66.7 Å². The van der Waals surface area contributed by atoms with E-state index in [0.717, 1.165) is 5.39 Å². The van der Waals surface area contributed by atoms with Crippen LogP contribution in [-0.2, 0) is 0 Å². The third-order valence-corrected chi connectivity index (χ3v) is 7.91. The van der Waals surface area contributed by atoms with E-state index in [9.17, 15) is 23.4 Å². The number of hydrogen-bond acceptors (Lipinski definition) is 5. The predicted octanol–water partition coefficient (Wildman–Crippen LogP) is 4.71. The SMILES string of the molecule is O=C(NC1CS(O)(O)CC1O)c1ccc2c(-c3ccccc3Cl)nn(-c3ccc(F)cc3)c2c1. The molecule has 176 valence electrons. The zero-order valence-corrected chi connectivity index (χ0v) is 19.3. The summed E-state index contributed by atoms with van der Waals surface area (Å²) >= 11 is 6.42. The molecular formula is C24H21ClFN3O4S. The number of aromatic nitrogens is 2. The Morgan fingerprint density at radius 3 is 2.50 bits per heavy atom. The maximum Gasteiger partial charge on any atom is 0.251 e. The molecule has 7 nitrogen and oxygen atoms in total. The highest BCUT2D eigenvalue weighted by atomic mass is 35.5. The van der Waals surface area contributed by atoms with E-state index < -0.39 is 28.6 Å². The Labute approximate surface area is 201 Å². The van der Waals surface area contributed by atoms with E-state index in [4.69, 9.17) is 16.7 Å². The largest absolute Gasteiger partial charge is 0.389 e. The number of carbonyl (C=O) groups is 1. The van der Waals surface area contributed by atoms with Crippen molar-refractivity contribution in [2.24, 2.45) is 0 Å². The molecule has 4 N–H and O–H groups in total. The fourth-order valence-electron chi connectivity index (χ4n) is 4.13. The second kappa shape index (κ2) is 8.68. The Bertz CT molecular complexity index is 1390. The molecule has 0 saturated carbocycles. The molecule has 2 unspecified atom stereocenters. The number of nitrogens with one attached hydrogen (secondary N) is 1. The van der Waals surface area contributed by atoms with Crippen LogP contribution in [0.25, 0.3) is 27.8 Å². The molecule has 0 bridgehead atoms. The maximum atomic E-state index is 13.5. The lowest BCUT2D eigenvalue weighted by atomic mass is 10.1. The smallest absolute Gasteiger partial charge is 0.251 e. The summed E-state index contributed by atoms with van der Waals surface area (Å²) in [6.45, 7) is 0. The molecule has 1 aliphatic rings. The Morgan fingerprint density at radius 2 is 1.82 bits per heavy atom. The van der Waals surface area contributed by atoms with Crippen LogP contribution in [0.2, 0.25) is 5.02 Å². The average Bonchev–Trinajstić information content (AvgIpc) is 3.30. The first kappa shape index (κ1) is 22.8. The minimum atomic E-state index is -2.91. The van der Waals surface area contributed by atoms with Crippen LogP contribution in [0, 0.1) is 5.82 Å². The summed E-state index contributed by atoms with van der Waals surface area (Å²) in [6, 6.07) is 17.4. The number of aliphatic hydroxyl groups excluding tert-OH is 1. The van der Waals surface area contributed by atoms with Crippen molar-refractivity contribution >= 4 is 39.0 Å². The average molecular weight is 502 g/mol. The normalized spacial score (nSPS) is 20.4. The first-order valence-electron chi connectivity index (χ1n) is 10.5. The summed E-state index contributed by atoms with van der Waals surface area (Å²) in [5.41, 5.74) is 2.83. The number of fused-ring (bicyclic) bond motifs is 1. The maximum absolute atomic E-state index is 13.5. The van der Waals surface area contributed by atoms with E-state index in [0.29, 0.717) is 33.0 Å². The van der Waals surface area contributed by atoms with Gasteiger partial charge in [0.15, 0.2) is 0 Å². The molecule has 4 aromatic rings. The van der Waals surface area contributed by atoms with Gasteiger partial charge in [-0.05, 0) is 48.5 Å². The first-order chi connectivity index (χ1) is 16.2. The quantitative estimate of drug-likeness (QED) is 0.324. The van der Waals surface area contributed by atoms with Gasteiger partial charge in [0, 0.05) is 16.5 Å². The van der Waals surface area contributed by atoms with Gasteiger partial charge in [0.05, 0.1) is 39.9 Å². The highest BCUT2D eigenvalue weighted by Crippen LogP contribution is 2.45. The fourth-order valence-corrected chi connectivity index (χ4v) is 6.15. The molecule has 10 heteroatoms. The predicted molar refractivity (Wildman–Crippen MR) is 131 cm³/mol. The molecule has 2 heterocycles. The van der Waals surface area contributed by atoms with Crippen molar-refractivity contribution in [2.75, 3.05) is 11.5 Å². The van der Waals surface area contributed by atoms with Gasteiger partial charge >= 0.3 is 0 Å². The molecule has 0 spiro atoms. The zero-order valence-electron chi connectivity index (χ0n) is 17.7. The Kier molecular flexibility index (Phi) is 5.83. The van der Waals surface area contributed by atoms with Gasteiger partial charge in [-0.15, -0.1) is 0 Å². The van der Waals surface area contributed by atoms with Crippen LogP contribution in [0.1, 0.15) is 10.4 Å². The summed E-state index contributed by atoms with van der Waals surface area (Å²) in [5, 5.41) is 18.8. The summed E-state index contributed by atoms with van der Waals surface area (Å²) in [6.07, 6.45) is -1.03. The van der Waals surface area contributed by atoms with Crippen molar-refractivity contribution in [3.8, 4) is 16.9 Å². The lowest BCUT2D eigenvalue weighted by Gasteiger charge is -2.25. The highest BCUT2D eigenvalue weighted by molar-refractivity contribution is 8.24. The number of nitrogens with zero attached hydrogens (tertiary/aromatic N) is 2. The Hall–Kier alpha value is -2.95. The summed E-state index contributed by atoms with van der Waals surface area (Å²) < 4.78 is 34.9. The highest BCUT2D eigenvalue weighted by Gasteiger charge is 2.37. The number of amides is 1. The van der Waals surface area contributed by atoms with Crippen LogP contribution in [0.3, 0.4) is 0 Å². The van der Waals surface area contributed by atoms with E-state index >= 15 is 0 Å². The minimum absolute atomic E-state index is 0.0910. The van der Waals surface area contributed by atoms with Gasteiger partial charge in [0.2, 0.25) is 0 Å². The summed E-state index contributed by atoms with van der Waals surface area (Å²) in [7, 11) is -2.91. The topological polar surface area (TPSA) is 108 Å². The number of carbonyl (C=O) groups excluding carboxylic acids is 1. The van der Waals surface area contributed by atoms with Crippen LogP contribution in [0.4, 0.5) is 4.39 Å². The van der Waals surface area contributed by atoms with Gasteiger partial charge in [0.25, 0.3) is 5.91 Å². The molecule has 3 aromatic carbocycles. The van der Waals surface area contributed by atoms with E-state index in [1.807, 2.05) is 18.2 Å². The van der Waals surface area contributed by atoms with Crippen molar-refractivity contribution in [1.29, 1.82) is 0 Å². The number of aliphatic hydroxyl groups is 1. The van der Waals surface area contributed by atoms with Gasteiger partial charge in [-0.3, -0.25) is 13.9 Å². The molecule has 2 atom stereocenters. The van der Waals surface area contributed by atoms with Crippen LogP contribution in [0.5, 0.6) is 0 Å². The van der Waals surface area contributed by atoms with Crippen molar-refractivity contribution < 1.29 is 23.4 Å². The lowest BCUT2D eigenvalue weighted by molar-refractivity contribution is 0.0889. The second-order valence-electron chi connectivity index (χ2n) is 8.23. The third-order valence-electron chi connectivity index (χ3n) is 5.81. The number of benzene rings is 3. The number of halogens is 2. The van der Waals surface area contributed by atoms with Gasteiger partial charge < -0.3 is 10.4 Å². The molecule has 1 saturated heterocycles. The van der Waals surface area contributed by atoms with Gasteiger partial charge in [0.1, 0.15) is 11.5 Å². The molecule has 34 heavy (non-hydrogen) atoms. The van der Waals surface area contributed by atoms with E-state index in [1.54, 1.807) is 41.1 Å². The van der Waals surface area contributed by atoms with Crippen molar-refractivity contribution in [3.63, 3.8) is 0 Å². The Balaban J connectivity index is 1.59. The molecule has 0 aliphatic carbocycles. The van der Waals surface area contributed by atoms with E-state index in [1.165, 1.54) is 12.1 Å². The van der Waals surface area contributed by atoms with Gasteiger partial charge in [-0.25, -0.2) is 9.07 Å². The molecule has 5 rings (SSSR count). The van der Waals surface area contributed by atoms with Crippen molar-refractivity contribution in [2.45, 2.75) is 12.1 Å². The molecule has 1 aromatic heterocycles. The standard InChI is InChI=1S/C24H21ClFN3O4S/c25-19-4-2-1-3-17(19)23-18-10-5-14(24(31)27-20-12-34(32,33)13-22(20)30)11-21(18)29(28-23)16-8-6-15(26)7-9-16/h1-11,20,22,30,32-33H,12-13H2,(H,27,31). The number of rotatable bonds is 4. The molecule has 1 amide bonds. The monoisotopic (exact) mass is 501 g/mol. The minimum Gasteiger partial charge on any atom is -0.389 e. The fraction of sp³-hybridized carbons (Fsp3) is 0.167. The van der Waals surface area contributed by atoms with Gasteiger partial charge in [-0.2, -0.15) is 15.7 Å². The summed E-state index contributed by atoms with van der Waals surface area (Å²) in [5.74, 6) is -1.09. The van der Waals surface area contributed by atoms with Crippen molar-refractivity contribution in [1.82, 2.24) is 15.1 Å². The van der Waals surface area contributed by atoms with Gasteiger partial charge in [-0.1, -0.05) is 29.8 Å². The number of hydrogen-bond donors (Lipinski definition) is 4. The second-order valence-corrected chi connectivity index (χ2v) is 10.9. The third kappa shape index (κ3) is 4.28. The molecule has 1 aliphatic heterocycles. The first-order valence-corrected chi connectivity index (χ1v) is 12.7. The zero-order chi connectivity index (χ0) is 24.0. The Morgan fingerprint density at radius 1 is 1.09 bits per heavy atom. The van der Waals surface area contributed by atoms with Crippen LogP contribution < -0.4 is 5.32 Å². The lowest BCUT2D eigenvalue weighted by Crippen LogP contribution is -2.42. The molecule has 0 radical (unpaired) electrons. The van der Waals surface area contributed by atoms with Crippen molar-refractivity contribution in [3.05, 3.63) is 83.1 Å². The van der Waals surface area contributed by atoms with E-state index in [2.05, 4.69) is 5.32 Å².